The van der Waals surface area contributed by atoms with Crippen molar-refractivity contribution in [2.24, 2.45) is 11.8 Å². The summed E-state index contributed by atoms with van der Waals surface area (Å²) in [6, 6.07) is 0. The van der Waals surface area contributed by atoms with E-state index in [0.717, 1.165) is 25.9 Å². The van der Waals surface area contributed by atoms with Gasteiger partial charge in [-0.25, -0.2) is 0 Å². The van der Waals surface area contributed by atoms with Crippen molar-refractivity contribution in [3.8, 4) is 0 Å². The minimum atomic E-state index is -1.62. The quantitative estimate of drug-likeness (QED) is 0.593. The summed E-state index contributed by atoms with van der Waals surface area (Å²) >= 11 is 0. The average Bonchev–Trinajstić information content (AvgIpc) is 2.34. The van der Waals surface area contributed by atoms with Crippen LogP contribution in [-0.4, -0.2) is 25.6 Å². The average molecular weight is 311 g/mol. The Balaban J connectivity index is 1.93. The van der Waals surface area contributed by atoms with E-state index in [1.165, 1.54) is 12.8 Å². The number of hydrogen-bond acceptors (Lipinski definition) is 2. The van der Waals surface area contributed by atoms with Crippen LogP contribution in [0.4, 0.5) is 0 Å². The Morgan fingerprint density at radius 3 is 2.62 bits per heavy atom. The fourth-order valence-electron chi connectivity index (χ4n) is 3.35. The van der Waals surface area contributed by atoms with Gasteiger partial charge in [0.1, 0.15) is 0 Å². The molecule has 2 aliphatic rings. The van der Waals surface area contributed by atoms with Gasteiger partial charge < -0.3 is 9.53 Å². The largest absolute Gasteiger partial charge is 0.416 e. The van der Waals surface area contributed by atoms with Crippen LogP contribution in [0.5, 0.6) is 0 Å². The summed E-state index contributed by atoms with van der Waals surface area (Å²) in [5.74, 6) is 1.21. The molecule has 1 fully saturated rings. The Morgan fingerprint density at radius 2 is 2.00 bits per heavy atom. The van der Waals surface area contributed by atoms with Crippen molar-refractivity contribution < 1.29 is 9.53 Å². The predicted molar refractivity (Wildman–Crippen MR) is 91.9 cm³/mol. The van der Waals surface area contributed by atoms with Gasteiger partial charge >= 0.3 is 0 Å². The van der Waals surface area contributed by atoms with Crippen LogP contribution in [0.25, 0.3) is 0 Å². The molecule has 0 unspecified atom stereocenters. The monoisotopic (exact) mass is 310 g/mol. The van der Waals surface area contributed by atoms with E-state index in [0.29, 0.717) is 16.9 Å². The summed E-state index contributed by atoms with van der Waals surface area (Å²) in [6.07, 6.45) is 7.89. The maximum absolute atomic E-state index is 10.2. The first-order valence-corrected chi connectivity index (χ1v) is 11.5. The molecule has 3 atom stereocenters. The van der Waals surface area contributed by atoms with Gasteiger partial charge in [0.05, 0.1) is 5.60 Å². The molecule has 0 heterocycles. The molecule has 2 nitrogen and oxygen atoms in total. The van der Waals surface area contributed by atoms with Crippen LogP contribution in [0.3, 0.4) is 0 Å². The number of rotatable bonds is 3. The first-order valence-electron chi connectivity index (χ1n) is 8.57. The van der Waals surface area contributed by atoms with E-state index in [9.17, 15) is 5.11 Å². The van der Waals surface area contributed by atoms with Gasteiger partial charge in [-0.15, -0.1) is 0 Å². The lowest BCUT2D eigenvalue weighted by atomic mass is 9.70. The van der Waals surface area contributed by atoms with Crippen LogP contribution >= 0.6 is 0 Å². The van der Waals surface area contributed by atoms with E-state index in [1.54, 1.807) is 5.57 Å². The zero-order valence-corrected chi connectivity index (χ0v) is 15.8. The van der Waals surface area contributed by atoms with Gasteiger partial charge in [-0.2, -0.15) is 0 Å². The van der Waals surface area contributed by atoms with Crippen molar-refractivity contribution in [1.82, 2.24) is 0 Å². The lowest BCUT2D eigenvalue weighted by Crippen LogP contribution is -2.42. The second-order valence-electron chi connectivity index (χ2n) is 9.05. The van der Waals surface area contributed by atoms with Crippen molar-refractivity contribution in [1.29, 1.82) is 0 Å². The molecule has 1 N–H and O–H groups in total. The van der Waals surface area contributed by atoms with Crippen LogP contribution in [0.1, 0.15) is 59.8 Å². The molecule has 0 aromatic carbocycles. The highest BCUT2D eigenvalue weighted by molar-refractivity contribution is 6.74. The summed E-state index contributed by atoms with van der Waals surface area (Å²) in [7, 11) is -1.62. The molecule has 0 aromatic rings. The Labute approximate surface area is 132 Å². The van der Waals surface area contributed by atoms with E-state index in [1.807, 2.05) is 6.92 Å². The molecule has 1 saturated carbocycles. The van der Waals surface area contributed by atoms with Crippen LogP contribution in [0, 0.1) is 11.8 Å². The highest BCUT2D eigenvalue weighted by atomic mass is 28.4. The maximum Gasteiger partial charge on any atom is 0.192 e. The van der Waals surface area contributed by atoms with Crippen molar-refractivity contribution in [3.05, 3.63) is 11.6 Å². The molecule has 122 valence electrons. The van der Waals surface area contributed by atoms with E-state index in [-0.39, 0.29) is 0 Å². The Morgan fingerprint density at radius 1 is 1.33 bits per heavy atom. The lowest BCUT2D eigenvalue weighted by molar-refractivity contribution is 0.0120. The molecule has 0 radical (unpaired) electrons. The van der Waals surface area contributed by atoms with Crippen LogP contribution in [0.15, 0.2) is 11.6 Å². The van der Waals surface area contributed by atoms with Gasteiger partial charge in [0.25, 0.3) is 0 Å². The molecule has 2 aliphatic carbocycles. The number of allylic oxidation sites excluding steroid dienone is 1. The van der Waals surface area contributed by atoms with Crippen LogP contribution < -0.4 is 0 Å². The molecule has 21 heavy (non-hydrogen) atoms. The second-order valence-corrected chi connectivity index (χ2v) is 13.9. The molecule has 0 amide bonds. The fourth-order valence-corrected chi connectivity index (χ4v) is 4.42. The van der Waals surface area contributed by atoms with Crippen LogP contribution in [-0.2, 0) is 4.43 Å². The smallest absolute Gasteiger partial charge is 0.192 e. The van der Waals surface area contributed by atoms with Gasteiger partial charge in [-0.1, -0.05) is 32.4 Å². The highest BCUT2D eigenvalue weighted by Crippen LogP contribution is 2.43. The molecule has 2 rings (SSSR count). The van der Waals surface area contributed by atoms with Crippen molar-refractivity contribution >= 4 is 8.32 Å². The first kappa shape index (κ1) is 17.2. The van der Waals surface area contributed by atoms with Crippen molar-refractivity contribution in [3.63, 3.8) is 0 Å². The molecule has 0 aliphatic heterocycles. The summed E-state index contributed by atoms with van der Waals surface area (Å²) in [4.78, 5) is 0. The second kappa shape index (κ2) is 5.82. The van der Waals surface area contributed by atoms with Gasteiger partial charge in [0.15, 0.2) is 8.32 Å². The Kier molecular flexibility index (Phi) is 4.78. The summed E-state index contributed by atoms with van der Waals surface area (Å²) in [5, 5.41) is 10.5. The molecule has 0 spiro atoms. The normalized spacial score (nSPS) is 34.3. The van der Waals surface area contributed by atoms with Crippen molar-refractivity contribution in [2.75, 3.05) is 6.61 Å². The Bertz CT molecular complexity index is 404. The molecule has 0 aromatic heterocycles. The number of aliphatic hydroxyl groups is 1. The summed E-state index contributed by atoms with van der Waals surface area (Å²) in [6.45, 7) is 14.5. The lowest BCUT2D eigenvalue weighted by Gasteiger charge is -2.41. The molecule has 0 saturated heterocycles. The maximum atomic E-state index is 10.2. The molecular weight excluding hydrogens is 276 g/mol. The minimum Gasteiger partial charge on any atom is -0.416 e. The van der Waals surface area contributed by atoms with Gasteiger partial charge in [0.2, 0.25) is 0 Å². The SMILES string of the molecule is CC(C)(C)[Si](C)(C)OC[C@H]1C=C2CC[C@@](C)(O)C[C@@H]2CC1. The summed E-state index contributed by atoms with van der Waals surface area (Å²) in [5.41, 5.74) is 1.16. The van der Waals surface area contributed by atoms with E-state index < -0.39 is 13.9 Å². The topological polar surface area (TPSA) is 29.5 Å². The predicted octanol–water partition coefficient (Wildman–Crippen LogP) is 4.90. The van der Waals surface area contributed by atoms with E-state index in [4.69, 9.17) is 4.43 Å². The first-order chi connectivity index (χ1) is 9.50. The van der Waals surface area contributed by atoms with Gasteiger partial charge in [-0.3, -0.25) is 0 Å². The molecular formula is C18H34O2Si. The van der Waals surface area contributed by atoms with Gasteiger partial charge in [-0.05, 0) is 69.0 Å². The Hall–Kier alpha value is -0.123. The zero-order valence-electron chi connectivity index (χ0n) is 14.8. The minimum absolute atomic E-state index is 0.293. The molecule has 0 bridgehead atoms. The standard InChI is InChI=1S/C18H34O2Si/c1-17(2,3)21(5,6)20-13-14-7-8-16-12-18(4,19)10-9-15(16)11-14/h11,14,16,19H,7-10,12-13H2,1-6H3/t14-,16+,18-/m1/s1. The zero-order chi connectivity index (χ0) is 15.9. The van der Waals surface area contributed by atoms with Gasteiger partial charge in [0, 0.05) is 6.61 Å². The summed E-state index contributed by atoms with van der Waals surface area (Å²) < 4.78 is 6.40. The fraction of sp³-hybridized carbons (Fsp3) is 0.889. The number of hydrogen-bond donors (Lipinski definition) is 1. The van der Waals surface area contributed by atoms with Crippen LogP contribution in [0.2, 0.25) is 18.1 Å². The number of fused-ring (bicyclic) bond motifs is 1. The highest BCUT2D eigenvalue weighted by Gasteiger charge is 2.39. The third-order valence-electron chi connectivity index (χ3n) is 5.96. The van der Waals surface area contributed by atoms with E-state index in [2.05, 4.69) is 39.9 Å². The molecule has 3 heteroatoms. The third kappa shape index (κ3) is 4.20. The van der Waals surface area contributed by atoms with Crippen molar-refractivity contribution in [2.45, 2.75) is 83.5 Å². The third-order valence-corrected chi connectivity index (χ3v) is 10.5. The van der Waals surface area contributed by atoms with E-state index >= 15 is 0 Å².